The number of carbonyl (C=O) groups excluding carboxylic acids is 3. The zero-order valence-corrected chi connectivity index (χ0v) is 18.1. The van der Waals surface area contributed by atoms with Crippen molar-refractivity contribution < 1.29 is 34.1 Å². The Balaban J connectivity index is 2.83. The first-order chi connectivity index (χ1) is 13.8. The molecule has 0 heterocycles. The maximum atomic E-state index is 12.7. The highest BCUT2D eigenvalue weighted by Crippen LogP contribution is 2.11. The van der Waals surface area contributed by atoms with Gasteiger partial charge < -0.3 is 30.3 Å². The van der Waals surface area contributed by atoms with E-state index in [0.717, 1.165) is 5.56 Å². The Kier molecular flexibility index (Phi) is 9.25. The Morgan fingerprint density at radius 3 is 2.13 bits per heavy atom. The number of aliphatic hydroxyl groups is 2. The highest BCUT2D eigenvalue weighted by Gasteiger charge is 2.33. The summed E-state index contributed by atoms with van der Waals surface area (Å²) in [7, 11) is 0. The third-order valence-electron chi connectivity index (χ3n) is 3.97. The van der Waals surface area contributed by atoms with Gasteiger partial charge in [0, 0.05) is 0 Å². The van der Waals surface area contributed by atoms with Crippen LogP contribution in [0.5, 0.6) is 0 Å². The lowest BCUT2D eigenvalue weighted by molar-refractivity contribution is -0.147. The van der Waals surface area contributed by atoms with Gasteiger partial charge in [0.05, 0.1) is 24.7 Å². The van der Waals surface area contributed by atoms with Crippen LogP contribution in [0.25, 0.3) is 0 Å². The van der Waals surface area contributed by atoms with Crippen molar-refractivity contribution in [1.29, 1.82) is 0 Å². The van der Waals surface area contributed by atoms with Gasteiger partial charge >= 0.3 is 12.1 Å². The molecule has 0 saturated heterocycles. The van der Waals surface area contributed by atoms with Crippen molar-refractivity contribution in [2.24, 2.45) is 0 Å². The number of amides is 2. The molecule has 1 aromatic rings. The van der Waals surface area contributed by atoms with E-state index in [2.05, 4.69) is 10.6 Å². The van der Waals surface area contributed by atoms with Gasteiger partial charge in [-0.1, -0.05) is 30.3 Å². The standard InChI is InChI=1S/C21H32N2O7/c1-20(2,3)30-19(27)22-15(18(26)23-16(12-24)21(4,5)28)11-17(25)29-13-14-9-7-6-8-10-14/h6-10,15-16,24,28H,11-13H2,1-5H3,(H,22,27)(H,23,26)/t15-,16-/m1/s1. The summed E-state index contributed by atoms with van der Waals surface area (Å²) in [5.74, 6) is -1.47. The summed E-state index contributed by atoms with van der Waals surface area (Å²) in [4.78, 5) is 37.0. The lowest BCUT2D eigenvalue weighted by Crippen LogP contribution is -2.57. The average Bonchev–Trinajstić information content (AvgIpc) is 2.62. The number of rotatable bonds is 9. The summed E-state index contributed by atoms with van der Waals surface area (Å²) in [6, 6.07) is 6.67. The van der Waals surface area contributed by atoms with Crippen LogP contribution >= 0.6 is 0 Å². The molecule has 1 rings (SSSR count). The number of nitrogens with one attached hydrogen (secondary N) is 2. The molecule has 1 aromatic carbocycles. The van der Waals surface area contributed by atoms with Gasteiger partial charge in [-0.2, -0.15) is 0 Å². The van der Waals surface area contributed by atoms with E-state index in [4.69, 9.17) is 9.47 Å². The van der Waals surface area contributed by atoms with Gasteiger partial charge in [0.1, 0.15) is 18.2 Å². The number of ether oxygens (including phenoxy) is 2. The summed E-state index contributed by atoms with van der Waals surface area (Å²) in [6.45, 7) is 7.29. The monoisotopic (exact) mass is 424 g/mol. The smallest absolute Gasteiger partial charge is 0.408 e. The fraction of sp³-hybridized carbons (Fsp3) is 0.571. The Morgan fingerprint density at radius 1 is 1.03 bits per heavy atom. The summed E-state index contributed by atoms with van der Waals surface area (Å²) in [5, 5.41) is 24.3. The van der Waals surface area contributed by atoms with E-state index in [1.165, 1.54) is 13.8 Å². The Hall–Kier alpha value is -2.65. The third-order valence-corrected chi connectivity index (χ3v) is 3.97. The normalized spacial score (nSPS) is 13.7. The molecular weight excluding hydrogens is 392 g/mol. The molecule has 0 aliphatic rings. The first-order valence-corrected chi connectivity index (χ1v) is 9.64. The Morgan fingerprint density at radius 2 is 1.63 bits per heavy atom. The second kappa shape index (κ2) is 10.9. The van der Waals surface area contributed by atoms with Crippen LogP contribution in [0.4, 0.5) is 4.79 Å². The molecule has 0 unspecified atom stereocenters. The number of hydrogen-bond donors (Lipinski definition) is 4. The molecule has 168 valence electrons. The lowest BCUT2D eigenvalue weighted by atomic mass is 9.99. The number of alkyl carbamates (subject to hydrolysis) is 1. The molecule has 9 nitrogen and oxygen atoms in total. The van der Waals surface area contributed by atoms with Crippen LogP contribution in [-0.4, -0.2) is 58.1 Å². The van der Waals surface area contributed by atoms with Crippen molar-refractivity contribution in [3.05, 3.63) is 35.9 Å². The zero-order chi connectivity index (χ0) is 22.9. The van der Waals surface area contributed by atoms with Crippen LogP contribution in [0, 0.1) is 0 Å². The van der Waals surface area contributed by atoms with Crippen LogP contribution < -0.4 is 10.6 Å². The molecule has 0 saturated carbocycles. The van der Waals surface area contributed by atoms with Crippen molar-refractivity contribution in [3.63, 3.8) is 0 Å². The Bertz CT molecular complexity index is 708. The predicted molar refractivity (Wildman–Crippen MR) is 109 cm³/mol. The summed E-state index contributed by atoms with van der Waals surface area (Å²) in [5.41, 5.74) is -1.46. The van der Waals surface area contributed by atoms with Gasteiger partial charge in [0.15, 0.2) is 0 Å². The lowest BCUT2D eigenvalue weighted by Gasteiger charge is -2.30. The van der Waals surface area contributed by atoms with E-state index < -0.39 is 54.3 Å². The minimum absolute atomic E-state index is 0.0172. The van der Waals surface area contributed by atoms with Gasteiger partial charge in [0.25, 0.3) is 0 Å². The van der Waals surface area contributed by atoms with Gasteiger partial charge in [0.2, 0.25) is 5.91 Å². The van der Waals surface area contributed by atoms with Crippen molar-refractivity contribution in [2.75, 3.05) is 6.61 Å². The van der Waals surface area contributed by atoms with Gasteiger partial charge in [-0.3, -0.25) is 9.59 Å². The highest BCUT2D eigenvalue weighted by atomic mass is 16.6. The second-order valence-electron chi connectivity index (χ2n) is 8.45. The fourth-order valence-electron chi connectivity index (χ4n) is 2.34. The predicted octanol–water partition coefficient (Wildman–Crippen LogP) is 1.26. The van der Waals surface area contributed by atoms with Crippen molar-refractivity contribution in [1.82, 2.24) is 10.6 Å². The largest absolute Gasteiger partial charge is 0.461 e. The van der Waals surface area contributed by atoms with Gasteiger partial charge in [-0.05, 0) is 40.2 Å². The number of hydrogen-bond acceptors (Lipinski definition) is 7. The fourth-order valence-corrected chi connectivity index (χ4v) is 2.34. The maximum Gasteiger partial charge on any atom is 0.408 e. The Labute approximate surface area is 176 Å². The van der Waals surface area contributed by atoms with E-state index in [9.17, 15) is 24.6 Å². The molecule has 0 bridgehead atoms. The quantitative estimate of drug-likeness (QED) is 0.439. The van der Waals surface area contributed by atoms with Crippen molar-refractivity contribution in [2.45, 2.75) is 70.9 Å². The van der Waals surface area contributed by atoms with Gasteiger partial charge in [-0.25, -0.2) is 4.79 Å². The average molecular weight is 424 g/mol. The number of carbonyl (C=O) groups is 3. The molecular formula is C21H32N2O7. The highest BCUT2D eigenvalue weighted by molar-refractivity contribution is 5.89. The summed E-state index contributed by atoms with van der Waals surface area (Å²) in [6.07, 6.45) is -1.34. The molecule has 30 heavy (non-hydrogen) atoms. The van der Waals surface area contributed by atoms with E-state index in [0.29, 0.717) is 0 Å². The molecule has 0 spiro atoms. The molecule has 0 radical (unpaired) electrons. The molecule has 2 amide bonds. The molecule has 0 aliphatic carbocycles. The first-order valence-electron chi connectivity index (χ1n) is 9.64. The summed E-state index contributed by atoms with van der Waals surface area (Å²) < 4.78 is 10.3. The molecule has 9 heteroatoms. The summed E-state index contributed by atoms with van der Waals surface area (Å²) >= 11 is 0. The number of esters is 1. The van der Waals surface area contributed by atoms with Crippen molar-refractivity contribution >= 4 is 18.0 Å². The maximum absolute atomic E-state index is 12.7. The minimum atomic E-state index is -1.42. The third kappa shape index (κ3) is 9.71. The zero-order valence-electron chi connectivity index (χ0n) is 18.1. The van der Waals surface area contributed by atoms with E-state index in [-0.39, 0.29) is 6.61 Å². The molecule has 0 aliphatic heterocycles. The molecule has 0 aromatic heterocycles. The van der Waals surface area contributed by atoms with Crippen LogP contribution in [0.3, 0.4) is 0 Å². The van der Waals surface area contributed by atoms with Crippen LogP contribution in [-0.2, 0) is 25.7 Å². The number of aliphatic hydroxyl groups excluding tert-OH is 1. The van der Waals surface area contributed by atoms with Gasteiger partial charge in [-0.15, -0.1) is 0 Å². The van der Waals surface area contributed by atoms with Crippen LogP contribution in [0.2, 0.25) is 0 Å². The van der Waals surface area contributed by atoms with E-state index >= 15 is 0 Å². The van der Waals surface area contributed by atoms with Crippen LogP contribution in [0.1, 0.15) is 46.6 Å². The topological polar surface area (TPSA) is 134 Å². The molecule has 0 fully saturated rings. The van der Waals surface area contributed by atoms with E-state index in [1.54, 1.807) is 45.0 Å². The van der Waals surface area contributed by atoms with E-state index in [1.807, 2.05) is 6.07 Å². The molecule has 2 atom stereocenters. The van der Waals surface area contributed by atoms with Crippen LogP contribution in [0.15, 0.2) is 30.3 Å². The second-order valence-corrected chi connectivity index (χ2v) is 8.45. The van der Waals surface area contributed by atoms with Crippen molar-refractivity contribution in [3.8, 4) is 0 Å². The first kappa shape index (κ1) is 25.4. The number of benzene rings is 1. The minimum Gasteiger partial charge on any atom is -0.461 e. The molecule has 4 N–H and O–H groups in total. The SMILES string of the molecule is CC(C)(C)OC(=O)N[C@H](CC(=O)OCc1ccccc1)C(=O)N[C@H](CO)C(C)(C)O.